The maximum absolute atomic E-state index is 6.53. The van der Waals surface area contributed by atoms with Gasteiger partial charge in [-0.05, 0) is 45.6 Å². The Morgan fingerprint density at radius 1 is 1.33 bits per heavy atom. The molecule has 4 nitrogen and oxygen atoms in total. The van der Waals surface area contributed by atoms with Crippen LogP contribution in [0.1, 0.15) is 57.3 Å². The second-order valence-electron chi connectivity index (χ2n) is 6.28. The van der Waals surface area contributed by atoms with Crippen molar-refractivity contribution in [1.29, 1.82) is 0 Å². The fourth-order valence-electron chi connectivity index (χ4n) is 3.66. The molecule has 21 heavy (non-hydrogen) atoms. The summed E-state index contributed by atoms with van der Waals surface area (Å²) in [6, 6.07) is 2.22. The van der Waals surface area contributed by atoms with Crippen LogP contribution in [0.4, 0.5) is 0 Å². The average molecular weight is 293 g/mol. The summed E-state index contributed by atoms with van der Waals surface area (Å²) >= 11 is 0. The standard InChI is InChI=1S/C17H31N3O/c1-4-20-15(11-13(3)19-20)12-16(18)17(21-5-2)14-9-7-6-8-10-14/h11,14,16-17H,4-10,12,18H2,1-3H3. The normalized spacial score (nSPS) is 19.6. The molecule has 120 valence electrons. The van der Waals surface area contributed by atoms with Crippen LogP contribution >= 0.6 is 0 Å². The highest BCUT2D eigenvalue weighted by Gasteiger charge is 2.29. The lowest BCUT2D eigenvalue weighted by Crippen LogP contribution is -2.44. The summed E-state index contributed by atoms with van der Waals surface area (Å²) in [4.78, 5) is 0. The molecule has 1 aliphatic carbocycles. The topological polar surface area (TPSA) is 53.1 Å². The maximum atomic E-state index is 6.53. The first-order valence-corrected chi connectivity index (χ1v) is 8.56. The minimum Gasteiger partial charge on any atom is -0.377 e. The zero-order valence-corrected chi connectivity index (χ0v) is 13.8. The fourth-order valence-corrected chi connectivity index (χ4v) is 3.66. The molecule has 0 spiro atoms. The predicted octanol–water partition coefficient (Wildman–Crippen LogP) is 3.07. The van der Waals surface area contributed by atoms with Gasteiger partial charge < -0.3 is 10.5 Å². The number of hydrogen-bond acceptors (Lipinski definition) is 3. The molecule has 2 rings (SSSR count). The Morgan fingerprint density at radius 2 is 2.05 bits per heavy atom. The third kappa shape index (κ3) is 4.30. The van der Waals surface area contributed by atoms with Crippen LogP contribution in [0.5, 0.6) is 0 Å². The van der Waals surface area contributed by atoms with Crippen LogP contribution in [0.15, 0.2) is 6.07 Å². The Bertz CT molecular complexity index is 424. The largest absolute Gasteiger partial charge is 0.377 e. The molecule has 2 atom stereocenters. The molecular formula is C17H31N3O. The zero-order valence-electron chi connectivity index (χ0n) is 13.8. The molecular weight excluding hydrogens is 262 g/mol. The molecule has 4 heteroatoms. The van der Waals surface area contributed by atoms with E-state index in [-0.39, 0.29) is 12.1 Å². The molecule has 1 aliphatic rings. The van der Waals surface area contributed by atoms with Crippen LogP contribution in [0, 0.1) is 12.8 Å². The molecule has 1 fully saturated rings. The summed E-state index contributed by atoms with van der Waals surface area (Å²) in [5.74, 6) is 0.632. The van der Waals surface area contributed by atoms with Crippen molar-refractivity contribution >= 4 is 0 Å². The lowest BCUT2D eigenvalue weighted by Gasteiger charge is -2.34. The summed E-state index contributed by atoms with van der Waals surface area (Å²) < 4.78 is 8.11. The number of aromatic nitrogens is 2. The van der Waals surface area contributed by atoms with Crippen molar-refractivity contribution in [3.8, 4) is 0 Å². The summed E-state index contributed by atoms with van der Waals surface area (Å²) in [5, 5.41) is 4.52. The van der Waals surface area contributed by atoms with E-state index in [0.29, 0.717) is 5.92 Å². The van der Waals surface area contributed by atoms with Crippen molar-refractivity contribution in [2.24, 2.45) is 11.7 Å². The van der Waals surface area contributed by atoms with Crippen molar-refractivity contribution < 1.29 is 4.74 Å². The number of ether oxygens (including phenoxy) is 1. The Kier molecular flexibility index (Phi) is 6.24. The van der Waals surface area contributed by atoms with E-state index >= 15 is 0 Å². The number of nitrogens with two attached hydrogens (primary N) is 1. The summed E-state index contributed by atoms with van der Waals surface area (Å²) in [6.07, 6.45) is 7.60. The molecule has 1 aromatic rings. The van der Waals surface area contributed by atoms with Gasteiger partial charge in [-0.1, -0.05) is 19.3 Å². The van der Waals surface area contributed by atoms with Gasteiger partial charge in [0.15, 0.2) is 0 Å². The van der Waals surface area contributed by atoms with Crippen LogP contribution in [-0.4, -0.2) is 28.5 Å². The zero-order chi connectivity index (χ0) is 15.2. The van der Waals surface area contributed by atoms with E-state index in [1.807, 2.05) is 6.92 Å². The number of hydrogen-bond donors (Lipinski definition) is 1. The van der Waals surface area contributed by atoms with Crippen LogP contribution in [0.2, 0.25) is 0 Å². The minimum absolute atomic E-state index is 0.0643. The fraction of sp³-hybridized carbons (Fsp3) is 0.824. The molecule has 0 aromatic carbocycles. The lowest BCUT2D eigenvalue weighted by molar-refractivity contribution is -0.00946. The van der Waals surface area contributed by atoms with E-state index in [4.69, 9.17) is 10.5 Å². The van der Waals surface area contributed by atoms with Crippen molar-refractivity contribution in [3.63, 3.8) is 0 Å². The first-order chi connectivity index (χ1) is 10.2. The predicted molar refractivity (Wildman–Crippen MR) is 86.3 cm³/mol. The van der Waals surface area contributed by atoms with E-state index in [1.165, 1.54) is 37.8 Å². The van der Waals surface area contributed by atoms with E-state index in [2.05, 4.69) is 29.7 Å². The molecule has 1 saturated carbocycles. The molecule has 0 aliphatic heterocycles. The SMILES string of the molecule is CCOC(C(N)Cc1cc(C)nn1CC)C1CCCCC1. The van der Waals surface area contributed by atoms with Gasteiger partial charge in [0.25, 0.3) is 0 Å². The molecule has 0 bridgehead atoms. The molecule has 0 amide bonds. The highest BCUT2D eigenvalue weighted by molar-refractivity contribution is 5.11. The van der Waals surface area contributed by atoms with Gasteiger partial charge in [0, 0.05) is 31.3 Å². The molecule has 2 N–H and O–H groups in total. The molecule has 0 radical (unpaired) electrons. The molecule has 2 unspecified atom stereocenters. The quantitative estimate of drug-likeness (QED) is 0.840. The minimum atomic E-state index is 0.0643. The van der Waals surface area contributed by atoms with Gasteiger partial charge in [0.2, 0.25) is 0 Å². The molecule has 1 aromatic heterocycles. The smallest absolute Gasteiger partial charge is 0.0757 e. The Labute approximate surface area is 129 Å². The molecule has 0 saturated heterocycles. The highest BCUT2D eigenvalue weighted by atomic mass is 16.5. The number of nitrogens with zero attached hydrogens (tertiary/aromatic N) is 2. The van der Waals surface area contributed by atoms with E-state index in [0.717, 1.165) is 25.3 Å². The average Bonchev–Trinajstić information content (AvgIpc) is 2.85. The van der Waals surface area contributed by atoms with Gasteiger partial charge in [-0.25, -0.2) is 0 Å². The first-order valence-electron chi connectivity index (χ1n) is 8.56. The first kappa shape index (κ1) is 16.5. The van der Waals surface area contributed by atoms with E-state index in [9.17, 15) is 0 Å². The van der Waals surface area contributed by atoms with Gasteiger partial charge in [-0.15, -0.1) is 0 Å². The maximum Gasteiger partial charge on any atom is 0.0757 e. The summed E-state index contributed by atoms with van der Waals surface area (Å²) in [7, 11) is 0. The van der Waals surface area contributed by atoms with Crippen LogP contribution in [0.3, 0.4) is 0 Å². The van der Waals surface area contributed by atoms with Gasteiger partial charge in [0.05, 0.1) is 11.8 Å². The monoisotopic (exact) mass is 293 g/mol. The van der Waals surface area contributed by atoms with Crippen LogP contribution in [-0.2, 0) is 17.7 Å². The Morgan fingerprint density at radius 3 is 2.67 bits per heavy atom. The second-order valence-corrected chi connectivity index (χ2v) is 6.28. The summed E-state index contributed by atoms with van der Waals surface area (Å²) in [5.41, 5.74) is 8.85. The van der Waals surface area contributed by atoms with Crippen molar-refractivity contribution in [1.82, 2.24) is 9.78 Å². The summed E-state index contributed by atoms with van der Waals surface area (Å²) in [6.45, 7) is 7.90. The number of aryl methyl sites for hydroxylation is 2. The molecule has 1 heterocycles. The van der Waals surface area contributed by atoms with Gasteiger partial charge in [-0.2, -0.15) is 5.10 Å². The van der Waals surface area contributed by atoms with Gasteiger partial charge >= 0.3 is 0 Å². The second kappa shape index (κ2) is 7.95. The van der Waals surface area contributed by atoms with Crippen molar-refractivity contribution in [3.05, 3.63) is 17.5 Å². The number of rotatable bonds is 7. The van der Waals surface area contributed by atoms with E-state index in [1.54, 1.807) is 0 Å². The third-order valence-electron chi connectivity index (χ3n) is 4.63. The Balaban J connectivity index is 2.04. The Hall–Kier alpha value is -0.870. The third-order valence-corrected chi connectivity index (χ3v) is 4.63. The van der Waals surface area contributed by atoms with Crippen molar-refractivity contribution in [2.75, 3.05) is 6.61 Å². The van der Waals surface area contributed by atoms with Crippen LogP contribution in [0.25, 0.3) is 0 Å². The van der Waals surface area contributed by atoms with Gasteiger partial charge in [0.1, 0.15) is 0 Å². The van der Waals surface area contributed by atoms with Crippen molar-refractivity contribution in [2.45, 2.75) is 78.0 Å². The van der Waals surface area contributed by atoms with Gasteiger partial charge in [-0.3, -0.25) is 4.68 Å². The van der Waals surface area contributed by atoms with Crippen LogP contribution < -0.4 is 5.73 Å². The van der Waals surface area contributed by atoms with E-state index < -0.39 is 0 Å². The lowest BCUT2D eigenvalue weighted by atomic mass is 9.81. The highest BCUT2D eigenvalue weighted by Crippen LogP contribution is 2.30.